The van der Waals surface area contributed by atoms with E-state index in [9.17, 15) is 18.0 Å². The maximum Gasteiger partial charge on any atom is 0.417 e. The number of carbonyl (C=O) groups excluding carboxylic acids is 1. The Morgan fingerprint density at radius 1 is 1.30 bits per heavy atom. The minimum absolute atomic E-state index is 0.181. The van der Waals surface area contributed by atoms with E-state index in [2.05, 4.69) is 5.10 Å². The van der Waals surface area contributed by atoms with Crippen molar-refractivity contribution < 1.29 is 18.0 Å². The van der Waals surface area contributed by atoms with E-state index >= 15 is 0 Å². The summed E-state index contributed by atoms with van der Waals surface area (Å²) in [6.45, 7) is 3.32. The molecule has 1 heterocycles. The molecule has 20 heavy (non-hydrogen) atoms. The number of nitrogens with zero attached hydrogens (tertiary/aromatic N) is 2. The second-order valence-electron chi connectivity index (χ2n) is 4.28. The first-order chi connectivity index (χ1) is 9.25. The van der Waals surface area contributed by atoms with Crippen molar-refractivity contribution in [3.63, 3.8) is 0 Å². The summed E-state index contributed by atoms with van der Waals surface area (Å²) in [5.41, 5.74) is -0.133. The third kappa shape index (κ3) is 2.43. The van der Waals surface area contributed by atoms with Crippen molar-refractivity contribution in [3.05, 3.63) is 45.7 Å². The standard InChI is InChI=1S/C13H10ClF3N2O/c1-7-12(14)8(2)19(18-7)10-4-3-9(6-20)11(5-10)13(15,16)17/h3-6H,1-2H3. The van der Waals surface area contributed by atoms with Crippen molar-refractivity contribution >= 4 is 17.9 Å². The molecule has 0 amide bonds. The largest absolute Gasteiger partial charge is 0.417 e. The minimum Gasteiger partial charge on any atom is -0.298 e. The summed E-state index contributed by atoms with van der Waals surface area (Å²) >= 11 is 5.97. The fourth-order valence-electron chi connectivity index (χ4n) is 1.90. The van der Waals surface area contributed by atoms with Crippen molar-refractivity contribution in [1.29, 1.82) is 0 Å². The molecule has 0 aliphatic carbocycles. The molecule has 1 aromatic carbocycles. The molecule has 2 aromatic rings. The van der Waals surface area contributed by atoms with E-state index in [1.165, 1.54) is 10.7 Å². The number of rotatable bonds is 2. The normalized spacial score (nSPS) is 11.7. The molecule has 0 saturated carbocycles. The summed E-state index contributed by atoms with van der Waals surface area (Å²) < 4.78 is 40.0. The van der Waals surface area contributed by atoms with Crippen LogP contribution in [0.15, 0.2) is 18.2 Å². The van der Waals surface area contributed by atoms with Crippen molar-refractivity contribution in [3.8, 4) is 5.69 Å². The Hall–Kier alpha value is -1.82. The molecule has 0 aliphatic rings. The lowest BCUT2D eigenvalue weighted by molar-refractivity contribution is -0.137. The van der Waals surface area contributed by atoms with E-state index in [4.69, 9.17) is 11.6 Å². The highest BCUT2D eigenvalue weighted by molar-refractivity contribution is 6.31. The molecule has 7 heteroatoms. The fraction of sp³-hybridized carbons (Fsp3) is 0.231. The zero-order chi connectivity index (χ0) is 15.1. The average Bonchev–Trinajstić information content (AvgIpc) is 2.65. The van der Waals surface area contributed by atoms with Gasteiger partial charge in [-0.3, -0.25) is 4.79 Å². The van der Waals surface area contributed by atoms with Gasteiger partial charge in [0, 0.05) is 5.56 Å². The van der Waals surface area contributed by atoms with E-state index in [0.29, 0.717) is 16.4 Å². The Bertz CT molecular complexity index is 677. The van der Waals surface area contributed by atoms with Crippen LogP contribution in [0.1, 0.15) is 27.3 Å². The van der Waals surface area contributed by atoms with Crippen LogP contribution in [-0.2, 0) is 6.18 Å². The van der Waals surface area contributed by atoms with E-state index < -0.39 is 17.3 Å². The Labute approximate surface area is 118 Å². The number of halogens is 4. The first-order valence-corrected chi connectivity index (χ1v) is 6.02. The van der Waals surface area contributed by atoms with Crippen LogP contribution in [0, 0.1) is 13.8 Å². The summed E-state index contributed by atoms with van der Waals surface area (Å²) in [5.74, 6) is 0. The van der Waals surface area contributed by atoms with Crippen molar-refractivity contribution in [2.24, 2.45) is 0 Å². The average molecular weight is 303 g/mol. The number of hydrogen-bond acceptors (Lipinski definition) is 2. The van der Waals surface area contributed by atoms with Gasteiger partial charge >= 0.3 is 6.18 Å². The molecular weight excluding hydrogens is 293 g/mol. The highest BCUT2D eigenvalue weighted by atomic mass is 35.5. The molecule has 0 atom stereocenters. The Balaban J connectivity index is 2.65. The van der Waals surface area contributed by atoms with Gasteiger partial charge in [0.2, 0.25) is 0 Å². The molecular formula is C13H10ClF3N2O. The van der Waals surface area contributed by atoms with Gasteiger partial charge in [-0.2, -0.15) is 18.3 Å². The first kappa shape index (κ1) is 14.6. The lowest BCUT2D eigenvalue weighted by Crippen LogP contribution is -2.11. The molecule has 2 rings (SSSR count). The smallest absolute Gasteiger partial charge is 0.298 e. The number of aryl methyl sites for hydroxylation is 1. The molecule has 0 N–H and O–H groups in total. The molecule has 0 bridgehead atoms. The van der Waals surface area contributed by atoms with E-state index in [1.807, 2.05) is 0 Å². The lowest BCUT2D eigenvalue weighted by atomic mass is 10.1. The SMILES string of the molecule is Cc1nn(-c2ccc(C=O)c(C(F)(F)F)c2)c(C)c1Cl. The molecule has 0 saturated heterocycles. The van der Waals surface area contributed by atoms with Gasteiger partial charge < -0.3 is 0 Å². The van der Waals surface area contributed by atoms with Crippen LogP contribution < -0.4 is 0 Å². The molecule has 1 aromatic heterocycles. The number of aromatic nitrogens is 2. The highest BCUT2D eigenvalue weighted by Crippen LogP contribution is 2.33. The molecule has 0 aliphatic heterocycles. The van der Waals surface area contributed by atoms with Gasteiger partial charge in [0.25, 0.3) is 0 Å². The van der Waals surface area contributed by atoms with Gasteiger partial charge in [-0.05, 0) is 32.0 Å². The number of hydrogen-bond donors (Lipinski definition) is 0. The molecule has 106 valence electrons. The van der Waals surface area contributed by atoms with E-state index in [1.54, 1.807) is 13.8 Å². The molecule has 0 fully saturated rings. The summed E-state index contributed by atoms with van der Waals surface area (Å²) in [4.78, 5) is 10.7. The summed E-state index contributed by atoms with van der Waals surface area (Å²) in [6, 6.07) is 3.41. The summed E-state index contributed by atoms with van der Waals surface area (Å²) in [6.07, 6.45) is -4.42. The molecule has 3 nitrogen and oxygen atoms in total. The van der Waals surface area contributed by atoms with Crippen LogP contribution in [-0.4, -0.2) is 16.1 Å². The van der Waals surface area contributed by atoms with E-state index in [0.717, 1.165) is 12.1 Å². The van der Waals surface area contributed by atoms with Gasteiger partial charge in [-0.15, -0.1) is 0 Å². The first-order valence-electron chi connectivity index (χ1n) is 5.64. The third-order valence-corrected chi connectivity index (χ3v) is 3.46. The second-order valence-corrected chi connectivity index (χ2v) is 4.66. The number of alkyl halides is 3. The van der Waals surface area contributed by atoms with Crippen LogP contribution in [0.4, 0.5) is 13.2 Å². The quantitative estimate of drug-likeness (QED) is 0.787. The molecule has 0 radical (unpaired) electrons. The van der Waals surface area contributed by atoms with Gasteiger partial charge in [0.05, 0.1) is 27.7 Å². The van der Waals surface area contributed by atoms with Crippen LogP contribution in [0.2, 0.25) is 5.02 Å². The maximum atomic E-state index is 12.9. The van der Waals surface area contributed by atoms with Gasteiger partial charge in [-0.1, -0.05) is 11.6 Å². The third-order valence-electron chi connectivity index (χ3n) is 2.92. The minimum atomic E-state index is -4.61. The Morgan fingerprint density at radius 2 is 1.95 bits per heavy atom. The Morgan fingerprint density at radius 3 is 2.40 bits per heavy atom. The maximum absolute atomic E-state index is 12.9. The topological polar surface area (TPSA) is 34.9 Å². The van der Waals surface area contributed by atoms with E-state index in [-0.39, 0.29) is 12.0 Å². The van der Waals surface area contributed by atoms with Crippen LogP contribution >= 0.6 is 11.6 Å². The summed E-state index contributed by atoms with van der Waals surface area (Å²) in [7, 11) is 0. The van der Waals surface area contributed by atoms with Gasteiger partial charge in [-0.25, -0.2) is 4.68 Å². The molecule has 0 unspecified atom stereocenters. The number of benzene rings is 1. The lowest BCUT2D eigenvalue weighted by Gasteiger charge is -2.12. The van der Waals surface area contributed by atoms with Gasteiger partial charge in [0.1, 0.15) is 0 Å². The van der Waals surface area contributed by atoms with Crippen LogP contribution in [0.25, 0.3) is 5.69 Å². The number of aldehydes is 1. The predicted octanol–water partition coefficient (Wildman–Crippen LogP) is 3.97. The summed E-state index contributed by atoms with van der Waals surface area (Å²) in [5, 5.41) is 4.49. The van der Waals surface area contributed by atoms with Crippen molar-refractivity contribution in [2.45, 2.75) is 20.0 Å². The Kier molecular flexibility index (Phi) is 3.60. The predicted molar refractivity (Wildman–Crippen MR) is 68.4 cm³/mol. The zero-order valence-corrected chi connectivity index (χ0v) is 11.4. The molecule has 0 spiro atoms. The van der Waals surface area contributed by atoms with Crippen LogP contribution in [0.5, 0.6) is 0 Å². The zero-order valence-electron chi connectivity index (χ0n) is 10.6. The van der Waals surface area contributed by atoms with Crippen LogP contribution in [0.3, 0.4) is 0 Å². The van der Waals surface area contributed by atoms with Crippen molar-refractivity contribution in [2.75, 3.05) is 0 Å². The highest BCUT2D eigenvalue weighted by Gasteiger charge is 2.33. The number of carbonyl (C=O) groups is 1. The fourth-order valence-corrected chi connectivity index (χ4v) is 2.02. The second kappa shape index (κ2) is 4.94. The van der Waals surface area contributed by atoms with Crippen molar-refractivity contribution in [1.82, 2.24) is 9.78 Å². The monoisotopic (exact) mass is 302 g/mol. The van der Waals surface area contributed by atoms with Gasteiger partial charge in [0.15, 0.2) is 6.29 Å².